The van der Waals surface area contributed by atoms with E-state index in [1.54, 1.807) is 6.20 Å². The molecule has 3 rings (SSSR count). The molecule has 0 aliphatic heterocycles. The van der Waals surface area contributed by atoms with Crippen LogP contribution in [-0.2, 0) is 4.79 Å². The van der Waals surface area contributed by atoms with Crippen LogP contribution >= 0.6 is 11.8 Å². The number of methoxy groups -OCH3 is 1. The molecule has 0 spiro atoms. The van der Waals surface area contributed by atoms with Crippen molar-refractivity contribution in [2.45, 2.75) is 12.1 Å². The first kappa shape index (κ1) is 19.4. The summed E-state index contributed by atoms with van der Waals surface area (Å²) in [7, 11) is 1.39. The number of nitrogens with zero attached hydrogens (tertiary/aromatic N) is 3. The Morgan fingerprint density at radius 3 is 2.86 bits per heavy atom. The number of aromatic nitrogens is 2. The summed E-state index contributed by atoms with van der Waals surface area (Å²) >= 11 is 1.29. The molecule has 28 heavy (non-hydrogen) atoms. The van der Waals surface area contributed by atoms with Crippen molar-refractivity contribution < 1.29 is 14.5 Å². The summed E-state index contributed by atoms with van der Waals surface area (Å²) in [4.78, 5) is 27.0. The van der Waals surface area contributed by atoms with Gasteiger partial charge in [0, 0.05) is 24.1 Å². The number of thioether (sulfide) groups is 1. The molecule has 0 unspecified atom stereocenters. The maximum Gasteiger partial charge on any atom is 0.273 e. The summed E-state index contributed by atoms with van der Waals surface area (Å²) in [5.41, 5.74) is 2.37. The summed E-state index contributed by atoms with van der Waals surface area (Å²) in [6, 6.07) is 12.0. The number of hydrogen-bond acceptors (Lipinski definition) is 6. The van der Waals surface area contributed by atoms with Crippen LogP contribution in [0.4, 0.5) is 11.4 Å². The molecule has 144 valence electrons. The number of anilines is 1. The number of amides is 1. The Morgan fingerprint density at radius 1 is 1.32 bits per heavy atom. The lowest BCUT2D eigenvalue weighted by Crippen LogP contribution is -2.15. The molecule has 0 atom stereocenters. The smallest absolute Gasteiger partial charge is 0.273 e. The first-order chi connectivity index (χ1) is 13.5. The van der Waals surface area contributed by atoms with Gasteiger partial charge in [-0.1, -0.05) is 23.9 Å². The van der Waals surface area contributed by atoms with Crippen molar-refractivity contribution in [3.63, 3.8) is 0 Å². The Labute approximate surface area is 165 Å². The zero-order chi connectivity index (χ0) is 20.1. The van der Waals surface area contributed by atoms with Crippen molar-refractivity contribution in [1.82, 2.24) is 9.55 Å². The molecule has 1 amide bonds. The quantitative estimate of drug-likeness (QED) is 0.369. The molecular formula is C19H18N4O4S. The third kappa shape index (κ3) is 4.49. The highest BCUT2D eigenvalue weighted by Gasteiger charge is 2.14. The van der Waals surface area contributed by atoms with E-state index in [1.807, 2.05) is 42.0 Å². The molecule has 9 heteroatoms. The van der Waals surface area contributed by atoms with E-state index in [0.29, 0.717) is 10.8 Å². The molecule has 0 saturated heterocycles. The number of benzene rings is 2. The second-order valence-corrected chi connectivity index (χ2v) is 6.84. The Hall–Kier alpha value is -3.33. The lowest BCUT2D eigenvalue weighted by molar-refractivity contribution is -0.384. The highest BCUT2D eigenvalue weighted by molar-refractivity contribution is 7.99. The van der Waals surface area contributed by atoms with E-state index < -0.39 is 4.92 Å². The Balaban J connectivity index is 1.68. The molecule has 0 aliphatic carbocycles. The summed E-state index contributed by atoms with van der Waals surface area (Å²) in [5, 5.41) is 14.3. The minimum Gasteiger partial charge on any atom is -0.494 e. The summed E-state index contributed by atoms with van der Waals surface area (Å²) in [6.07, 6.45) is 3.52. The maximum absolute atomic E-state index is 12.3. The predicted octanol–water partition coefficient (Wildman–Crippen LogP) is 3.83. The van der Waals surface area contributed by atoms with Gasteiger partial charge in [-0.05, 0) is 30.7 Å². The van der Waals surface area contributed by atoms with Gasteiger partial charge in [0.1, 0.15) is 5.75 Å². The predicted molar refractivity (Wildman–Crippen MR) is 107 cm³/mol. The fraction of sp³-hybridized carbons (Fsp3) is 0.158. The van der Waals surface area contributed by atoms with E-state index in [0.717, 1.165) is 11.3 Å². The van der Waals surface area contributed by atoms with E-state index in [4.69, 9.17) is 4.74 Å². The van der Waals surface area contributed by atoms with Gasteiger partial charge in [0.05, 0.1) is 29.5 Å². The zero-order valence-corrected chi connectivity index (χ0v) is 16.1. The normalized spacial score (nSPS) is 10.5. The van der Waals surface area contributed by atoms with Crippen LogP contribution in [0.5, 0.6) is 5.75 Å². The van der Waals surface area contributed by atoms with Crippen molar-refractivity contribution >= 4 is 29.0 Å². The molecule has 0 aliphatic rings. The van der Waals surface area contributed by atoms with E-state index in [2.05, 4.69) is 10.3 Å². The van der Waals surface area contributed by atoms with Crippen LogP contribution in [0.15, 0.2) is 60.0 Å². The van der Waals surface area contributed by atoms with E-state index in [-0.39, 0.29) is 23.1 Å². The number of carbonyl (C=O) groups excluding carboxylic acids is 1. The van der Waals surface area contributed by atoms with E-state index in [1.165, 1.54) is 37.1 Å². The SMILES string of the molecule is COc1cc([N+](=O)[O-])ccc1NC(=O)CSc1nccn1-c1cccc(C)c1. The lowest BCUT2D eigenvalue weighted by atomic mass is 10.2. The van der Waals surface area contributed by atoms with Crippen LogP contribution in [-0.4, -0.2) is 33.2 Å². The Bertz CT molecular complexity index is 1020. The van der Waals surface area contributed by atoms with Gasteiger partial charge in [-0.3, -0.25) is 19.5 Å². The number of aryl methyl sites for hydroxylation is 1. The molecule has 0 bridgehead atoms. The molecule has 8 nitrogen and oxygen atoms in total. The van der Waals surface area contributed by atoms with Crippen LogP contribution in [0.25, 0.3) is 5.69 Å². The number of rotatable bonds is 7. The van der Waals surface area contributed by atoms with Gasteiger partial charge in [-0.2, -0.15) is 0 Å². The van der Waals surface area contributed by atoms with Crippen LogP contribution in [0, 0.1) is 17.0 Å². The van der Waals surface area contributed by atoms with Gasteiger partial charge < -0.3 is 10.1 Å². The number of nitro benzene ring substituents is 1. The number of nitrogens with one attached hydrogen (secondary N) is 1. The summed E-state index contributed by atoms with van der Waals surface area (Å²) in [5.74, 6) is 0.0907. The lowest BCUT2D eigenvalue weighted by Gasteiger charge is -2.11. The van der Waals surface area contributed by atoms with Crippen LogP contribution in [0.3, 0.4) is 0 Å². The van der Waals surface area contributed by atoms with Crippen molar-refractivity contribution in [3.05, 3.63) is 70.5 Å². The van der Waals surface area contributed by atoms with Gasteiger partial charge in [-0.15, -0.1) is 0 Å². The van der Waals surface area contributed by atoms with Crippen molar-refractivity contribution in [2.75, 3.05) is 18.2 Å². The number of ether oxygens (including phenoxy) is 1. The van der Waals surface area contributed by atoms with Crippen LogP contribution in [0.2, 0.25) is 0 Å². The monoisotopic (exact) mass is 398 g/mol. The fourth-order valence-electron chi connectivity index (χ4n) is 2.58. The molecule has 2 aromatic carbocycles. The van der Waals surface area contributed by atoms with Crippen molar-refractivity contribution in [3.8, 4) is 11.4 Å². The molecule has 1 aromatic heterocycles. The zero-order valence-electron chi connectivity index (χ0n) is 15.3. The van der Waals surface area contributed by atoms with Gasteiger partial charge in [-0.25, -0.2) is 4.98 Å². The number of non-ortho nitro benzene ring substituents is 1. The van der Waals surface area contributed by atoms with Crippen molar-refractivity contribution in [2.24, 2.45) is 0 Å². The fourth-order valence-corrected chi connectivity index (χ4v) is 3.36. The molecule has 0 fully saturated rings. The maximum atomic E-state index is 12.3. The van der Waals surface area contributed by atoms with E-state index >= 15 is 0 Å². The second kappa shape index (κ2) is 8.57. The molecule has 0 saturated carbocycles. The Morgan fingerprint density at radius 2 is 2.14 bits per heavy atom. The van der Waals surface area contributed by atoms with Gasteiger partial charge in [0.2, 0.25) is 5.91 Å². The summed E-state index contributed by atoms with van der Waals surface area (Å²) < 4.78 is 7.05. The first-order valence-electron chi connectivity index (χ1n) is 8.33. The van der Waals surface area contributed by atoms with E-state index in [9.17, 15) is 14.9 Å². The molecular weight excluding hydrogens is 380 g/mol. The van der Waals surface area contributed by atoms with Crippen LogP contribution in [0.1, 0.15) is 5.56 Å². The highest BCUT2D eigenvalue weighted by Crippen LogP contribution is 2.29. The standard InChI is InChI=1S/C19H18N4O4S/c1-13-4-3-5-14(10-13)22-9-8-20-19(22)28-12-18(24)21-16-7-6-15(23(25)26)11-17(16)27-2/h3-11H,12H2,1-2H3,(H,21,24). The van der Waals surface area contributed by atoms with Gasteiger partial charge in [0.25, 0.3) is 5.69 Å². The largest absolute Gasteiger partial charge is 0.494 e. The second-order valence-electron chi connectivity index (χ2n) is 5.90. The van der Waals surface area contributed by atoms with Crippen LogP contribution < -0.4 is 10.1 Å². The molecule has 1 N–H and O–H groups in total. The highest BCUT2D eigenvalue weighted by atomic mass is 32.2. The molecule has 1 heterocycles. The summed E-state index contributed by atoms with van der Waals surface area (Å²) in [6.45, 7) is 2.01. The number of imidazole rings is 1. The van der Waals surface area contributed by atoms with Crippen molar-refractivity contribution in [1.29, 1.82) is 0 Å². The number of nitro groups is 1. The third-order valence-electron chi connectivity index (χ3n) is 3.89. The average molecular weight is 398 g/mol. The minimum atomic E-state index is -0.519. The number of hydrogen-bond donors (Lipinski definition) is 1. The number of carbonyl (C=O) groups is 1. The van der Waals surface area contributed by atoms with Gasteiger partial charge in [0.15, 0.2) is 5.16 Å². The minimum absolute atomic E-state index is 0.107. The molecule has 0 radical (unpaired) electrons. The first-order valence-corrected chi connectivity index (χ1v) is 9.32. The Kier molecular flexibility index (Phi) is 5.95. The topological polar surface area (TPSA) is 99.3 Å². The van der Waals surface area contributed by atoms with Gasteiger partial charge >= 0.3 is 0 Å². The molecule has 3 aromatic rings. The third-order valence-corrected chi connectivity index (χ3v) is 4.86. The average Bonchev–Trinajstić information content (AvgIpc) is 3.15.